The number of methoxy groups -OCH3 is 1. The summed E-state index contributed by atoms with van der Waals surface area (Å²) in [5.74, 6) is 2.20. The van der Waals surface area contributed by atoms with Crippen molar-refractivity contribution >= 4 is 17.7 Å². The molecule has 1 aromatic carbocycles. The Morgan fingerprint density at radius 2 is 2.17 bits per heavy atom. The number of nitrogens with one attached hydrogen (secondary N) is 2. The van der Waals surface area contributed by atoms with Gasteiger partial charge in [0, 0.05) is 30.3 Å². The Hall–Kier alpha value is -1.36. The lowest BCUT2D eigenvalue weighted by molar-refractivity contribution is 0.406. The molecule has 3 atom stereocenters. The number of guanidine groups is 1. The molecular formula is C19H31N3OS. The van der Waals surface area contributed by atoms with Crippen molar-refractivity contribution < 1.29 is 4.74 Å². The van der Waals surface area contributed by atoms with Crippen LogP contribution in [0.3, 0.4) is 0 Å². The van der Waals surface area contributed by atoms with E-state index in [1.165, 1.54) is 24.8 Å². The molecule has 3 unspecified atom stereocenters. The Morgan fingerprint density at radius 3 is 2.83 bits per heavy atom. The van der Waals surface area contributed by atoms with E-state index in [2.05, 4.69) is 42.9 Å². The van der Waals surface area contributed by atoms with E-state index in [-0.39, 0.29) is 0 Å². The van der Waals surface area contributed by atoms with Gasteiger partial charge in [-0.2, -0.15) is 11.8 Å². The average Bonchev–Trinajstić information content (AvgIpc) is 3.07. The third-order valence-electron chi connectivity index (χ3n) is 4.60. The zero-order chi connectivity index (χ0) is 17.4. The minimum Gasteiger partial charge on any atom is -0.496 e. The van der Waals surface area contributed by atoms with E-state index in [1.54, 1.807) is 7.11 Å². The van der Waals surface area contributed by atoms with Gasteiger partial charge in [0.05, 0.1) is 7.11 Å². The lowest BCUT2D eigenvalue weighted by Crippen LogP contribution is -2.42. The van der Waals surface area contributed by atoms with Gasteiger partial charge in [-0.15, -0.1) is 0 Å². The highest BCUT2D eigenvalue weighted by molar-refractivity contribution is 7.99. The SMILES string of the molecule is CCNC(=NCC(C)c1ccccc1OC)NC1CCC(SC)C1. The highest BCUT2D eigenvalue weighted by Crippen LogP contribution is 2.28. The van der Waals surface area contributed by atoms with Crippen LogP contribution in [0.1, 0.15) is 44.6 Å². The number of aliphatic imine (C=N–C) groups is 1. The minimum absolute atomic E-state index is 0.319. The van der Waals surface area contributed by atoms with Gasteiger partial charge in [0.2, 0.25) is 0 Å². The zero-order valence-electron chi connectivity index (χ0n) is 15.3. The summed E-state index contributed by atoms with van der Waals surface area (Å²) in [6.45, 7) is 5.94. The zero-order valence-corrected chi connectivity index (χ0v) is 16.2. The topological polar surface area (TPSA) is 45.7 Å². The van der Waals surface area contributed by atoms with Gasteiger partial charge in [0.1, 0.15) is 5.75 Å². The van der Waals surface area contributed by atoms with Crippen molar-refractivity contribution in [1.82, 2.24) is 10.6 Å². The second kappa shape index (κ2) is 9.82. The van der Waals surface area contributed by atoms with E-state index in [0.717, 1.165) is 30.0 Å². The van der Waals surface area contributed by atoms with Gasteiger partial charge in [0.25, 0.3) is 0 Å². The number of thioether (sulfide) groups is 1. The summed E-state index contributed by atoms with van der Waals surface area (Å²) in [6.07, 6.45) is 5.97. The van der Waals surface area contributed by atoms with E-state index >= 15 is 0 Å². The molecule has 24 heavy (non-hydrogen) atoms. The third kappa shape index (κ3) is 5.33. The standard InChI is InChI=1S/C19H31N3OS/c1-5-20-19(22-15-10-11-16(12-15)24-4)21-13-14(2)17-8-6-7-9-18(17)23-3/h6-9,14-16H,5,10-13H2,1-4H3,(H2,20,21,22). The van der Waals surface area contributed by atoms with Gasteiger partial charge in [-0.1, -0.05) is 25.1 Å². The van der Waals surface area contributed by atoms with Gasteiger partial charge >= 0.3 is 0 Å². The summed E-state index contributed by atoms with van der Waals surface area (Å²) in [7, 11) is 1.72. The maximum Gasteiger partial charge on any atom is 0.191 e. The second-order valence-corrected chi connectivity index (χ2v) is 7.51. The van der Waals surface area contributed by atoms with Crippen LogP contribution in [-0.4, -0.2) is 43.7 Å². The molecule has 1 aliphatic carbocycles. The number of ether oxygens (including phenoxy) is 1. The van der Waals surface area contributed by atoms with E-state index < -0.39 is 0 Å². The van der Waals surface area contributed by atoms with Crippen molar-refractivity contribution in [2.75, 3.05) is 26.5 Å². The molecule has 0 aromatic heterocycles. The smallest absolute Gasteiger partial charge is 0.191 e. The first-order valence-electron chi connectivity index (χ1n) is 8.88. The largest absolute Gasteiger partial charge is 0.496 e. The van der Waals surface area contributed by atoms with Crippen molar-refractivity contribution in [3.63, 3.8) is 0 Å². The van der Waals surface area contributed by atoms with Crippen LogP contribution in [0.5, 0.6) is 5.75 Å². The van der Waals surface area contributed by atoms with Crippen molar-refractivity contribution in [3.05, 3.63) is 29.8 Å². The number of hydrogen-bond acceptors (Lipinski definition) is 3. The van der Waals surface area contributed by atoms with E-state index in [1.807, 2.05) is 23.9 Å². The van der Waals surface area contributed by atoms with E-state index in [0.29, 0.717) is 12.0 Å². The lowest BCUT2D eigenvalue weighted by Gasteiger charge is -2.19. The first kappa shape index (κ1) is 19.0. The highest BCUT2D eigenvalue weighted by Gasteiger charge is 2.24. The number of hydrogen-bond donors (Lipinski definition) is 2. The summed E-state index contributed by atoms with van der Waals surface area (Å²) >= 11 is 1.98. The summed E-state index contributed by atoms with van der Waals surface area (Å²) in [4.78, 5) is 4.81. The Bertz CT molecular complexity index is 535. The predicted octanol–water partition coefficient (Wildman–Crippen LogP) is 3.64. The molecule has 1 fully saturated rings. The number of rotatable bonds is 7. The molecule has 0 radical (unpaired) electrons. The molecule has 2 N–H and O–H groups in total. The van der Waals surface area contributed by atoms with Crippen LogP contribution in [0, 0.1) is 0 Å². The van der Waals surface area contributed by atoms with Gasteiger partial charge in [-0.05, 0) is 44.1 Å². The van der Waals surface area contributed by atoms with Gasteiger partial charge in [-0.25, -0.2) is 0 Å². The number of benzene rings is 1. The summed E-state index contributed by atoms with van der Waals surface area (Å²) in [6, 6.07) is 8.75. The molecule has 0 heterocycles. The van der Waals surface area contributed by atoms with E-state index in [9.17, 15) is 0 Å². The van der Waals surface area contributed by atoms with Crippen LogP contribution >= 0.6 is 11.8 Å². The van der Waals surface area contributed by atoms with Gasteiger partial charge in [-0.3, -0.25) is 4.99 Å². The minimum atomic E-state index is 0.319. The first-order chi connectivity index (χ1) is 11.7. The fourth-order valence-electron chi connectivity index (χ4n) is 3.20. The molecular weight excluding hydrogens is 318 g/mol. The molecule has 5 heteroatoms. The van der Waals surface area contributed by atoms with Crippen LogP contribution in [-0.2, 0) is 0 Å². The summed E-state index contributed by atoms with van der Waals surface area (Å²) in [5, 5.41) is 7.78. The quantitative estimate of drug-likeness (QED) is 0.583. The van der Waals surface area contributed by atoms with Crippen LogP contribution < -0.4 is 15.4 Å². The highest BCUT2D eigenvalue weighted by atomic mass is 32.2. The molecule has 1 aliphatic rings. The molecule has 0 saturated heterocycles. The molecule has 134 valence electrons. The molecule has 1 saturated carbocycles. The third-order valence-corrected chi connectivity index (χ3v) is 5.69. The van der Waals surface area contributed by atoms with Crippen LogP contribution in [0.4, 0.5) is 0 Å². The predicted molar refractivity (Wildman–Crippen MR) is 105 cm³/mol. The summed E-state index contributed by atoms with van der Waals surface area (Å²) < 4.78 is 5.47. The normalized spacial score (nSPS) is 22.2. The number of para-hydroxylation sites is 1. The average molecular weight is 350 g/mol. The monoisotopic (exact) mass is 349 g/mol. The molecule has 1 aromatic rings. The Kier molecular flexibility index (Phi) is 7.76. The first-order valence-corrected chi connectivity index (χ1v) is 10.2. The van der Waals surface area contributed by atoms with Crippen molar-refractivity contribution in [1.29, 1.82) is 0 Å². The van der Waals surface area contributed by atoms with Gasteiger partial charge in [0.15, 0.2) is 5.96 Å². The molecule has 2 rings (SSSR count). The van der Waals surface area contributed by atoms with Crippen molar-refractivity contribution in [2.24, 2.45) is 4.99 Å². The van der Waals surface area contributed by atoms with Crippen LogP contribution in [0.25, 0.3) is 0 Å². The van der Waals surface area contributed by atoms with Crippen molar-refractivity contribution in [2.45, 2.75) is 50.3 Å². The molecule has 4 nitrogen and oxygen atoms in total. The lowest BCUT2D eigenvalue weighted by atomic mass is 10.0. The van der Waals surface area contributed by atoms with Crippen LogP contribution in [0.15, 0.2) is 29.3 Å². The molecule has 0 amide bonds. The second-order valence-electron chi connectivity index (χ2n) is 6.37. The van der Waals surface area contributed by atoms with Crippen LogP contribution in [0.2, 0.25) is 0 Å². The fraction of sp³-hybridized carbons (Fsp3) is 0.632. The van der Waals surface area contributed by atoms with Crippen molar-refractivity contribution in [3.8, 4) is 5.75 Å². The van der Waals surface area contributed by atoms with E-state index in [4.69, 9.17) is 9.73 Å². The molecule has 0 aliphatic heterocycles. The Labute approximate surface area is 150 Å². The van der Waals surface area contributed by atoms with Gasteiger partial charge < -0.3 is 15.4 Å². The summed E-state index contributed by atoms with van der Waals surface area (Å²) in [5.41, 5.74) is 1.21. The number of nitrogens with zero attached hydrogens (tertiary/aromatic N) is 1. The fourth-order valence-corrected chi connectivity index (χ4v) is 4.00. The Balaban J connectivity index is 1.97. The maximum absolute atomic E-state index is 5.47. The molecule has 0 spiro atoms. The maximum atomic E-state index is 5.47. The molecule has 0 bridgehead atoms. The Morgan fingerprint density at radius 1 is 1.38 bits per heavy atom.